The van der Waals surface area contributed by atoms with Crippen molar-refractivity contribution < 1.29 is 18.8 Å². The molecule has 0 radical (unpaired) electrons. The highest BCUT2D eigenvalue weighted by molar-refractivity contribution is 5.87. The fraction of sp³-hybridized carbons (Fsp3) is 0.700. The molecule has 2 aliphatic heterocycles. The van der Waals surface area contributed by atoms with Crippen molar-refractivity contribution in [2.24, 2.45) is 0 Å². The van der Waals surface area contributed by atoms with Crippen LogP contribution in [0.4, 0.5) is 0 Å². The number of ether oxygens (including phenoxy) is 2. The molecule has 78 valence electrons. The molecule has 0 N–H and O–H groups in total. The van der Waals surface area contributed by atoms with Gasteiger partial charge in [0.25, 0.3) is 6.23 Å². The third kappa shape index (κ3) is 1.67. The van der Waals surface area contributed by atoms with Crippen molar-refractivity contribution in [3.05, 3.63) is 12.2 Å². The van der Waals surface area contributed by atoms with E-state index in [4.69, 9.17) is 9.47 Å². The van der Waals surface area contributed by atoms with E-state index in [0.29, 0.717) is 5.57 Å². The van der Waals surface area contributed by atoms with Crippen molar-refractivity contribution in [1.82, 2.24) is 0 Å². The standard InChI is InChI=1S/C10H16NO3/c1-8(2)10(12)14-9-7-11(9)3-5-13-6-4-11/h9H,1,3-7H2,2H3/q+1. The van der Waals surface area contributed by atoms with Crippen LogP contribution in [0.25, 0.3) is 0 Å². The summed E-state index contributed by atoms with van der Waals surface area (Å²) < 4.78 is 11.5. The Kier molecular flexibility index (Phi) is 2.33. The second kappa shape index (κ2) is 3.37. The zero-order valence-electron chi connectivity index (χ0n) is 8.49. The molecule has 4 heteroatoms. The molecule has 0 aromatic carbocycles. The summed E-state index contributed by atoms with van der Waals surface area (Å²) in [5, 5.41) is 0. The van der Waals surface area contributed by atoms with Gasteiger partial charge < -0.3 is 9.47 Å². The summed E-state index contributed by atoms with van der Waals surface area (Å²) in [6.45, 7) is 9.68. The lowest BCUT2D eigenvalue weighted by atomic mass is 10.4. The van der Waals surface area contributed by atoms with Crippen LogP contribution in [0.2, 0.25) is 0 Å². The summed E-state index contributed by atoms with van der Waals surface area (Å²) >= 11 is 0. The molecule has 2 rings (SSSR count). The van der Waals surface area contributed by atoms with E-state index in [1.54, 1.807) is 6.92 Å². The van der Waals surface area contributed by atoms with Crippen LogP contribution in [0.3, 0.4) is 0 Å². The van der Waals surface area contributed by atoms with Crippen molar-refractivity contribution in [2.75, 3.05) is 32.8 Å². The SMILES string of the molecule is C=C(C)C(=O)OC1C[N+]12CCOCC2. The lowest BCUT2D eigenvalue weighted by Crippen LogP contribution is -2.41. The molecule has 1 unspecified atom stereocenters. The molecule has 2 saturated heterocycles. The van der Waals surface area contributed by atoms with Crippen LogP contribution >= 0.6 is 0 Å². The summed E-state index contributed by atoms with van der Waals surface area (Å²) in [6, 6.07) is 0. The molecule has 2 heterocycles. The van der Waals surface area contributed by atoms with Gasteiger partial charge in [0.05, 0.1) is 13.2 Å². The van der Waals surface area contributed by atoms with E-state index in [1.165, 1.54) is 0 Å². The van der Waals surface area contributed by atoms with Gasteiger partial charge in [-0.25, -0.2) is 4.79 Å². The highest BCUT2D eigenvalue weighted by atomic mass is 16.6. The Morgan fingerprint density at radius 2 is 2.14 bits per heavy atom. The summed E-state index contributed by atoms with van der Waals surface area (Å²) in [6.07, 6.45) is 0.0584. The van der Waals surface area contributed by atoms with Crippen LogP contribution in [0, 0.1) is 0 Å². The Balaban J connectivity index is 1.85. The zero-order valence-corrected chi connectivity index (χ0v) is 8.49. The van der Waals surface area contributed by atoms with E-state index in [-0.39, 0.29) is 12.2 Å². The van der Waals surface area contributed by atoms with Crippen LogP contribution in [-0.4, -0.2) is 49.5 Å². The third-order valence-electron chi connectivity index (χ3n) is 2.95. The fourth-order valence-corrected chi connectivity index (χ4v) is 1.81. The number of hydrogen-bond acceptors (Lipinski definition) is 3. The average Bonchev–Trinajstić information content (AvgIpc) is 2.79. The zero-order chi connectivity index (χ0) is 10.2. The first-order valence-corrected chi connectivity index (χ1v) is 4.94. The van der Waals surface area contributed by atoms with Crippen molar-refractivity contribution >= 4 is 5.97 Å². The van der Waals surface area contributed by atoms with E-state index >= 15 is 0 Å². The maximum Gasteiger partial charge on any atom is 0.337 e. The lowest BCUT2D eigenvalue weighted by Gasteiger charge is -2.24. The van der Waals surface area contributed by atoms with Crippen molar-refractivity contribution in [2.45, 2.75) is 13.2 Å². The molecular formula is C10H16NO3+. The molecule has 0 amide bonds. The van der Waals surface area contributed by atoms with Crippen molar-refractivity contribution in [1.29, 1.82) is 0 Å². The predicted molar refractivity (Wildman–Crippen MR) is 50.4 cm³/mol. The van der Waals surface area contributed by atoms with Crippen LogP contribution in [0.5, 0.6) is 0 Å². The number of carbonyl (C=O) groups excluding carboxylic acids is 1. The lowest BCUT2D eigenvalue weighted by molar-refractivity contribution is -0.835. The van der Waals surface area contributed by atoms with E-state index in [9.17, 15) is 4.79 Å². The normalized spacial score (nSPS) is 28.5. The van der Waals surface area contributed by atoms with Gasteiger partial charge in [0, 0.05) is 5.57 Å². The van der Waals surface area contributed by atoms with E-state index < -0.39 is 0 Å². The number of quaternary nitrogens is 1. The molecule has 1 atom stereocenters. The Hall–Kier alpha value is -0.870. The quantitative estimate of drug-likeness (QED) is 0.277. The molecule has 0 aliphatic carbocycles. The maximum absolute atomic E-state index is 11.3. The van der Waals surface area contributed by atoms with E-state index in [0.717, 1.165) is 37.3 Å². The molecule has 0 aromatic rings. The number of esters is 1. The summed E-state index contributed by atoms with van der Waals surface area (Å²) in [4.78, 5) is 11.3. The van der Waals surface area contributed by atoms with Gasteiger partial charge in [0.15, 0.2) is 6.54 Å². The van der Waals surface area contributed by atoms with Crippen LogP contribution in [-0.2, 0) is 14.3 Å². The summed E-state index contributed by atoms with van der Waals surface area (Å²) in [7, 11) is 0. The Labute approximate surface area is 83.7 Å². The maximum atomic E-state index is 11.3. The van der Waals surface area contributed by atoms with Gasteiger partial charge in [0.2, 0.25) is 0 Å². The topological polar surface area (TPSA) is 35.5 Å². The molecule has 0 bridgehead atoms. The first-order valence-electron chi connectivity index (χ1n) is 4.94. The molecule has 14 heavy (non-hydrogen) atoms. The number of hydrogen-bond donors (Lipinski definition) is 0. The monoisotopic (exact) mass is 198 g/mol. The van der Waals surface area contributed by atoms with Gasteiger partial charge in [-0.1, -0.05) is 6.58 Å². The van der Waals surface area contributed by atoms with Gasteiger partial charge >= 0.3 is 5.97 Å². The van der Waals surface area contributed by atoms with Crippen molar-refractivity contribution in [3.63, 3.8) is 0 Å². The molecule has 2 fully saturated rings. The van der Waals surface area contributed by atoms with Crippen molar-refractivity contribution in [3.8, 4) is 0 Å². The van der Waals surface area contributed by atoms with Gasteiger partial charge in [-0.2, -0.15) is 0 Å². The third-order valence-corrected chi connectivity index (χ3v) is 2.95. The summed E-state index contributed by atoms with van der Waals surface area (Å²) in [5.74, 6) is -0.267. The highest BCUT2D eigenvalue weighted by Gasteiger charge is 2.58. The van der Waals surface area contributed by atoms with E-state index in [1.807, 2.05) is 0 Å². The second-order valence-corrected chi connectivity index (χ2v) is 4.10. The number of morpholine rings is 1. The minimum Gasteiger partial charge on any atom is -0.403 e. The molecule has 0 aromatic heterocycles. The molecular weight excluding hydrogens is 182 g/mol. The molecule has 2 aliphatic rings. The Bertz CT molecular complexity index is 269. The molecule has 1 spiro atoms. The predicted octanol–water partition coefficient (Wildman–Crippen LogP) is 0.292. The fourth-order valence-electron chi connectivity index (χ4n) is 1.81. The van der Waals surface area contributed by atoms with Crippen LogP contribution in [0.1, 0.15) is 6.92 Å². The average molecular weight is 198 g/mol. The van der Waals surface area contributed by atoms with Gasteiger partial charge in [-0.05, 0) is 6.92 Å². The highest BCUT2D eigenvalue weighted by Crippen LogP contribution is 2.33. The van der Waals surface area contributed by atoms with Gasteiger partial charge in [-0.15, -0.1) is 0 Å². The van der Waals surface area contributed by atoms with Gasteiger partial charge in [0.1, 0.15) is 13.1 Å². The Morgan fingerprint density at radius 3 is 2.71 bits per heavy atom. The first kappa shape index (κ1) is 9.68. The number of rotatable bonds is 2. The number of nitrogens with zero attached hydrogens (tertiary/aromatic N) is 1. The molecule has 0 saturated carbocycles. The summed E-state index contributed by atoms with van der Waals surface area (Å²) in [5.41, 5.74) is 0.475. The van der Waals surface area contributed by atoms with Gasteiger partial charge in [-0.3, -0.25) is 4.48 Å². The minimum absolute atomic E-state index is 0.0584. The molecule has 4 nitrogen and oxygen atoms in total. The second-order valence-electron chi connectivity index (χ2n) is 4.10. The first-order chi connectivity index (χ1) is 6.64. The van der Waals surface area contributed by atoms with Crippen LogP contribution < -0.4 is 0 Å². The smallest absolute Gasteiger partial charge is 0.337 e. The van der Waals surface area contributed by atoms with Crippen LogP contribution in [0.15, 0.2) is 12.2 Å². The largest absolute Gasteiger partial charge is 0.403 e. The Morgan fingerprint density at radius 1 is 1.50 bits per heavy atom. The number of carbonyl (C=O) groups is 1. The minimum atomic E-state index is -0.267. The van der Waals surface area contributed by atoms with E-state index in [2.05, 4.69) is 6.58 Å².